The van der Waals surface area contributed by atoms with E-state index in [-0.39, 0.29) is 17.2 Å². The lowest BCUT2D eigenvalue weighted by Gasteiger charge is -2.57. The molecule has 0 aromatic heterocycles. The minimum atomic E-state index is -1.10. The Bertz CT molecular complexity index is 812. The maximum absolute atomic E-state index is 11.3. The number of phenols is 1. The van der Waals surface area contributed by atoms with Gasteiger partial charge in [0, 0.05) is 24.7 Å². The number of aromatic hydroxyl groups is 1. The molecule has 5 saturated carbocycles. The Balaban J connectivity index is 1.18. The smallest absolute Gasteiger partial charge is 0.339 e. The third-order valence-electron chi connectivity index (χ3n) is 8.42. The second kappa shape index (κ2) is 6.19. The molecular formula is C23H28O6. The number of benzene rings is 1. The van der Waals surface area contributed by atoms with Crippen LogP contribution >= 0.6 is 0 Å². The summed E-state index contributed by atoms with van der Waals surface area (Å²) in [7, 11) is 0. The van der Waals surface area contributed by atoms with Crippen LogP contribution in [0.15, 0.2) is 18.2 Å². The summed E-state index contributed by atoms with van der Waals surface area (Å²) in [6.45, 7) is 0. The van der Waals surface area contributed by atoms with Crippen LogP contribution in [0.25, 0.3) is 0 Å². The molecule has 0 amide bonds. The highest BCUT2D eigenvalue weighted by molar-refractivity contribution is 5.91. The first-order valence-corrected chi connectivity index (χ1v) is 11.1. The lowest BCUT2D eigenvalue weighted by atomic mass is 9.53. The molecule has 7 rings (SSSR count). The van der Waals surface area contributed by atoms with Crippen LogP contribution in [-0.2, 0) is 14.5 Å². The summed E-state index contributed by atoms with van der Waals surface area (Å²) in [5, 5.41) is 19.1. The van der Waals surface area contributed by atoms with E-state index in [9.17, 15) is 15.0 Å². The molecule has 156 valence electrons. The largest absolute Gasteiger partial charge is 0.507 e. The quantitative estimate of drug-likeness (QED) is 0.707. The minimum absolute atomic E-state index is 0.0352. The highest BCUT2D eigenvalue weighted by Crippen LogP contribution is 2.64. The molecule has 6 nitrogen and oxygen atoms in total. The van der Waals surface area contributed by atoms with Crippen molar-refractivity contribution in [1.82, 2.24) is 0 Å². The van der Waals surface area contributed by atoms with Gasteiger partial charge in [-0.15, -0.1) is 0 Å². The number of carboxylic acid groups (broad SMARTS) is 1. The van der Waals surface area contributed by atoms with Gasteiger partial charge in [-0.2, -0.15) is 9.78 Å². The van der Waals surface area contributed by atoms with Crippen molar-refractivity contribution >= 4 is 5.97 Å². The van der Waals surface area contributed by atoms with Crippen LogP contribution in [0.1, 0.15) is 79.6 Å². The number of hydrogen-bond donors (Lipinski definition) is 2. The van der Waals surface area contributed by atoms with Gasteiger partial charge in [0.1, 0.15) is 11.3 Å². The van der Waals surface area contributed by atoms with E-state index in [0.717, 1.165) is 43.1 Å². The molecule has 0 unspecified atom stereocenters. The Kier molecular flexibility index (Phi) is 3.88. The monoisotopic (exact) mass is 400 g/mol. The van der Waals surface area contributed by atoms with Crippen molar-refractivity contribution in [1.29, 1.82) is 0 Å². The number of carboxylic acids is 1. The van der Waals surface area contributed by atoms with Crippen molar-refractivity contribution in [3.05, 3.63) is 29.3 Å². The Morgan fingerprint density at radius 3 is 2.24 bits per heavy atom. The van der Waals surface area contributed by atoms with Gasteiger partial charge in [0.05, 0.1) is 0 Å². The zero-order valence-corrected chi connectivity index (χ0v) is 16.5. The van der Waals surface area contributed by atoms with E-state index in [0.29, 0.717) is 11.8 Å². The minimum Gasteiger partial charge on any atom is -0.507 e. The van der Waals surface area contributed by atoms with Crippen LogP contribution in [0.2, 0.25) is 0 Å². The summed E-state index contributed by atoms with van der Waals surface area (Å²) in [5.41, 5.74) is 0.922. The molecule has 0 atom stereocenters. The number of aromatic carboxylic acids is 1. The van der Waals surface area contributed by atoms with Crippen LogP contribution < -0.4 is 0 Å². The Labute approximate surface area is 170 Å². The normalized spacial score (nSPS) is 45.3. The van der Waals surface area contributed by atoms with Crippen molar-refractivity contribution < 1.29 is 29.5 Å². The average Bonchev–Trinajstić information content (AvgIpc) is 3.07. The van der Waals surface area contributed by atoms with Gasteiger partial charge in [0.2, 0.25) is 11.6 Å². The van der Waals surface area contributed by atoms with Crippen molar-refractivity contribution in [2.24, 2.45) is 23.7 Å². The summed E-state index contributed by atoms with van der Waals surface area (Å²) < 4.78 is 6.74. The molecule has 6 heteroatoms. The Morgan fingerprint density at radius 1 is 0.966 bits per heavy atom. The molecule has 1 heterocycles. The van der Waals surface area contributed by atoms with E-state index < -0.39 is 17.5 Å². The van der Waals surface area contributed by atoms with Crippen molar-refractivity contribution in [3.8, 4) is 5.75 Å². The van der Waals surface area contributed by atoms with Crippen LogP contribution in [0.4, 0.5) is 0 Å². The topological polar surface area (TPSA) is 85.2 Å². The van der Waals surface area contributed by atoms with E-state index >= 15 is 0 Å². The fourth-order valence-electron chi connectivity index (χ4n) is 7.16. The summed E-state index contributed by atoms with van der Waals surface area (Å²) in [6.07, 6.45) is 9.42. The van der Waals surface area contributed by atoms with Gasteiger partial charge in [-0.25, -0.2) is 4.79 Å². The molecule has 1 aromatic carbocycles. The van der Waals surface area contributed by atoms with Crippen LogP contribution in [-0.4, -0.2) is 27.8 Å². The molecule has 4 bridgehead atoms. The number of rotatable bonds is 2. The second-order valence-electron chi connectivity index (χ2n) is 10.1. The molecule has 1 aliphatic heterocycles. The molecule has 0 radical (unpaired) electrons. The van der Waals surface area contributed by atoms with Crippen molar-refractivity contribution in [2.75, 3.05) is 0 Å². The maximum atomic E-state index is 11.3. The van der Waals surface area contributed by atoms with E-state index in [1.165, 1.54) is 38.2 Å². The Morgan fingerprint density at radius 2 is 1.62 bits per heavy atom. The van der Waals surface area contributed by atoms with Gasteiger partial charge in [-0.1, -0.05) is 6.07 Å². The van der Waals surface area contributed by atoms with E-state index in [1.54, 1.807) is 6.07 Å². The first-order valence-electron chi connectivity index (χ1n) is 11.1. The molecule has 1 aromatic rings. The van der Waals surface area contributed by atoms with E-state index in [2.05, 4.69) is 0 Å². The SMILES string of the molecule is O=C(O)c1cc(C2CCC3(CC2)OOC2(O3)C3CC4CC(C3)CC2C4)ccc1O. The maximum Gasteiger partial charge on any atom is 0.339 e. The van der Waals surface area contributed by atoms with E-state index in [1.807, 2.05) is 6.07 Å². The third kappa shape index (κ3) is 2.69. The fourth-order valence-corrected chi connectivity index (χ4v) is 7.16. The van der Waals surface area contributed by atoms with Gasteiger partial charge in [0.25, 0.3) is 0 Å². The van der Waals surface area contributed by atoms with Crippen LogP contribution in [0, 0.1) is 23.7 Å². The zero-order valence-electron chi connectivity index (χ0n) is 16.5. The van der Waals surface area contributed by atoms with Gasteiger partial charge in [-0.3, -0.25) is 0 Å². The summed E-state index contributed by atoms with van der Waals surface area (Å²) in [6, 6.07) is 4.92. The van der Waals surface area contributed by atoms with Crippen LogP contribution in [0.3, 0.4) is 0 Å². The van der Waals surface area contributed by atoms with E-state index in [4.69, 9.17) is 14.5 Å². The fraction of sp³-hybridized carbons (Fsp3) is 0.696. The van der Waals surface area contributed by atoms with Crippen LogP contribution in [0.5, 0.6) is 5.75 Å². The molecule has 2 spiro atoms. The highest BCUT2D eigenvalue weighted by Gasteiger charge is 2.66. The number of hydrogen-bond acceptors (Lipinski definition) is 5. The molecule has 6 fully saturated rings. The van der Waals surface area contributed by atoms with Gasteiger partial charge < -0.3 is 14.9 Å². The third-order valence-corrected chi connectivity index (χ3v) is 8.42. The lowest BCUT2D eigenvalue weighted by Crippen LogP contribution is -2.59. The van der Waals surface area contributed by atoms with Gasteiger partial charge in [0.15, 0.2) is 0 Å². The predicted molar refractivity (Wildman–Crippen MR) is 102 cm³/mol. The number of carbonyl (C=O) groups is 1. The highest BCUT2D eigenvalue weighted by atomic mass is 17.3. The number of ether oxygens (including phenoxy) is 1. The van der Waals surface area contributed by atoms with Gasteiger partial charge in [-0.05, 0) is 80.4 Å². The Hall–Kier alpha value is -1.63. The molecule has 5 aliphatic carbocycles. The molecule has 6 aliphatic rings. The standard InChI is InChI=1S/C23H28O6/c24-20-2-1-16(12-19(20)21(25)26)15-3-5-22(6-4-15)27-23(29-28-22)17-8-13-7-14(10-17)11-18(23)9-13/h1-2,12-15,17-18,24H,3-11H2,(H,25,26). The zero-order chi connectivity index (χ0) is 19.8. The molecular weight excluding hydrogens is 372 g/mol. The van der Waals surface area contributed by atoms with Crippen molar-refractivity contribution in [3.63, 3.8) is 0 Å². The summed E-state index contributed by atoms with van der Waals surface area (Å²) >= 11 is 0. The summed E-state index contributed by atoms with van der Waals surface area (Å²) in [5.74, 6) is 0.387. The predicted octanol–water partition coefficient (Wildman–Crippen LogP) is 4.58. The first kappa shape index (κ1) is 18.2. The molecule has 29 heavy (non-hydrogen) atoms. The lowest BCUT2D eigenvalue weighted by molar-refractivity contribution is -0.390. The second-order valence-corrected chi connectivity index (χ2v) is 10.1. The molecule has 1 saturated heterocycles. The van der Waals surface area contributed by atoms with Gasteiger partial charge >= 0.3 is 5.97 Å². The van der Waals surface area contributed by atoms with Crippen molar-refractivity contribution in [2.45, 2.75) is 75.3 Å². The molecule has 2 N–H and O–H groups in total. The first-order chi connectivity index (χ1) is 14.0. The summed E-state index contributed by atoms with van der Waals surface area (Å²) in [4.78, 5) is 23.4. The average molecular weight is 400 g/mol.